The molecule has 0 saturated carbocycles. The lowest BCUT2D eigenvalue weighted by Crippen LogP contribution is -2.36. The molecule has 0 aromatic heterocycles. The second-order valence-corrected chi connectivity index (χ2v) is 3.37. The van der Waals surface area contributed by atoms with Crippen molar-refractivity contribution in [2.24, 2.45) is 0 Å². The Kier molecular flexibility index (Phi) is 4.67. The van der Waals surface area contributed by atoms with E-state index in [2.05, 4.69) is 0 Å². The summed E-state index contributed by atoms with van der Waals surface area (Å²) in [6, 6.07) is 0. The number of hydrogen-bond acceptors (Lipinski definition) is 2. The van der Waals surface area contributed by atoms with Gasteiger partial charge in [0.05, 0.1) is 5.38 Å². The SMILES string of the molecule is O=C(O)C(Cl)C(Cl)C(Cl)C(=O)O. The largest absolute Gasteiger partial charge is 0.480 e. The predicted octanol–water partition coefficient (Wildman–Crippen LogP) is 0.978. The number of rotatable bonds is 4. The van der Waals surface area contributed by atoms with Crippen molar-refractivity contribution in [2.75, 3.05) is 0 Å². The molecule has 0 aromatic rings. The summed E-state index contributed by atoms with van der Waals surface area (Å²) in [6.07, 6.45) is 0. The molecule has 7 heteroatoms. The Balaban J connectivity index is 4.28. The number of carboxylic acid groups (broad SMARTS) is 2. The third-order valence-electron chi connectivity index (χ3n) is 1.03. The van der Waals surface area contributed by atoms with Crippen molar-refractivity contribution in [3.05, 3.63) is 0 Å². The fraction of sp³-hybridized carbons (Fsp3) is 0.600. The van der Waals surface area contributed by atoms with Crippen molar-refractivity contribution in [1.29, 1.82) is 0 Å². The summed E-state index contributed by atoms with van der Waals surface area (Å²) in [5, 5.41) is 12.3. The molecule has 0 amide bonds. The van der Waals surface area contributed by atoms with Crippen LogP contribution in [0.1, 0.15) is 0 Å². The second kappa shape index (κ2) is 4.74. The number of hydrogen-bond donors (Lipinski definition) is 2. The van der Waals surface area contributed by atoms with Crippen molar-refractivity contribution in [1.82, 2.24) is 0 Å². The molecular weight excluding hydrogens is 230 g/mol. The normalized spacial score (nSPS) is 17.9. The molecule has 4 nitrogen and oxygen atoms in total. The summed E-state index contributed by atoms with van der Waals surface area (Å²) < 4.78 is 0. The molecule has 2 atom stereocenters. The Labute approximate surface area is 83.0 Å². The van der Waals surface area contributed by atoms with Crippen LogP contribution in [-0.4, -0.2) is 38.3 Å². The quantitative estimate of drug-likeness (QED) is 0.712. The van der Waals surface area contributed by atoms with Gasteiger partial charge in [-0.15, -0.1) is 34.8 Å². The summed E-state index contributed by atoms with van der Waals surface area (Å²) in [4.78, 5) is 20.4. The van der Waals surface area contributed by atoms with E-state index in [1.165, 1.54) is 0 Å². The van der Waals surface area contributed by atoms with E-state index in [1.54, 1.807) is 0 Å². The zero-order chi connectivity index (χ0) is 9.89. The molecule has 0 bridgehead atoms. The van der Waals surface area contributed by atoms with E-state index >= 15 is 0 Å². The van der Waals surface area contributed by atoms with E-state index in [-0.39, 0.29) is 0 Å². The van der Waals surface area contributed by atoms with Crippen LogP contribution in [0.15, 0.2) is 0 Å². The second-order valence-electron chi connectivity index (χ2n) is 1.92. The van der Waals surface area contributed by atoms with Gasteiger partial charge in [0, 0.05) is 0 Å². The fourth-order valence-corrected chi connectivity index (χ4v) is 1.00. The van der Waals surface area contributed by atoms with E-state index in [0.717, 1.165) is 0 Å². The summed E-state index contributed by atoms with van der Waals surface area (Å²) in [5.41, 5.74) is 0. The Morgan fingerprint density at radius 2 is 1.17 bits per heavy atom. The van der Waals surface area contributed by atoms with Crippen LogP contribution >= 0.6 is 34.8 Å². The zero-order valence-corrected chi connectivity index (χ0v) is 7.84. The molecule has 0 aliphatic carbocycles. The van der Waals surface area contributed by atoms with Crippen molar-refractivity contribution >= 4 is 46.7 Å². The number of alkyl halides is 3. The first-order valence-corrected chi connectivity index (χ1v) is 4.06. The number of carboxylic acids is 2. The lowest BCUT2D eigenvalue weighted by Gasteiger charge is -2.13. The molecule has 0 aliphatic rings. The summed E-state index contributed by atoms with van der Waals surface area (Å²) in [6.45, 7) is 0. The molecule has 12 heavy (non-hydrogen) atoms. The third kappa shape index (κ3) is 3.05. The maximum atomic E-state index is 10.2. The lowest BCUT2D eigenvalue weighted by atomic mass is 10.2. The molecule has 0 fully saturated rings. The van der Waals surface area contributed by atoms with E-state index < -0.39 is 28.1 Å². The first kappa shape index (κ1) is 11.8. The molecule has 0 aromatic carbocycles. The average Bonchev–Trinajstić information content (AvgIpc) is 2.00. The highest BCUT2D eigenvalue weighted by Crippen LogP contribution is 2.18. The molecule has 0 heterocycles. The Bertz CT molecular complexity index is 175. The molecule has 70 valence electrons. The monoisotopic (exact) mass is 234 g/mol. The molecule has 2 N–H and O–H groups in total. The van der Waals surface area contributed by atoms with Crippen LogP contribution in [0.5, 0.6) is 0 Å². The lowest BCUT2D eigenvalue weighted by molar-refractivity contribution is -0.137. The van der Waals surface area contributed by atoms with Crippen molar-refractivity contribution in [2.45, 2.75) is 16.1 Å². The maximum absolute atomic E-state index is 10.2. The summed E-state index contributed by atoms with van der Waals surface area (Å²) >= 11 is 15.8. The molecule has 0 radical (unpaired) electrons. The van der Waals surface area contributed by atoms with Gasteiger partial charge in [0.25, 0.3) is 0 Å². The van der Waals surface area contributed by atoms with E-state index in [9.17, 15) is 9.59 Å². The van der Waals surface area contributed by atoms with Gasteiger partial charge < -0.3 is 10.2 Å². The summed E-state index contributed by atoms with van der Waals surface area (Å²) in [7, 11) is 0. The Hall–Kier alpha value is -0.190. The number of aliphatic carboxylic acids is 2. The molecule has 2 unspecified atom stereocenters. The number of halogens is 3. The van der Waals surface area contributed by atoms with Crippen LogP contribution < -0.4 is 0 Å². The molecule has 0 saturated heterocycles. The van der Waals surface area contributed by atoms with Crippen LogP contribution in [0, 0.1) is 0 Å². The molecule has 0 spiro atoms. The van der Waals surface area contributed by atoms with Crippen LogP contribution in [0.3, 0.4) is 0 Å². The van der Waals surface area contributed by atoms with Crippen LogP contribution in [0.25, 0.3) is 0 Å². The van der Waals surface area contributed by atoms with Gasteiger partial charge in [0.15, 0.2) is 0 Å². The zero-order valence-electron chi connectivity index (χ0n) is 5.58. The molecular formula is C5H5Cl3O4. The highest BCUT2D eigenvalue weighted by Gasteiger charge is 2.34. The van der Waals surface area contributed by atoms with Gasteiger partial charge in [-0.2, -0.15) is 0 Å². The highest BCUT2D eigenvalue weighted by molar-refractivity contribution is 6.42. The van der Waals surface area contributed by atoms with Crippen LogP contribution in [-0.2, 0) is 9.59 Å². The Morgan fingerprint density at radius 1 is 0.917 bits per heavy atom. The smallest absolute Gasteiger partial charge is 0.323 e. The van der Waals surface area contributed by atoms with E-state index in [4.69, 9.17) is 45.0 Å². The van der Waals surface area contributed by atoms with E-state index in [0.29, 0.717) is 0 Å². The third-order valence-corrected chi connectivity index (χ3v) is 2.71. The highest BCUT2D eigenvalue weighted by atomic mass is 35.5. The minimum absolute atomic E-state index is 1.34. The van der Waals surface area contributed by atoms with Gasteiger partial charge in [-0.3, -0.25) is 9.59 Å². The van der Waals surface area contributed by atoms with E-state index in [1.807, 2.05) is 0 Å². The van der Waals surface area contributed by atoms with Crippen molar-refractivity contribution < 1.29 is 19.8 Å². The standard InChI is InChI=1S/C5H5Cl3O4/c6-1(2(7)4(9)10)3(8)5(11)12/h1-3H,(H,9,10)(H,11,12). The van der Waals surface area contributed by atoms with Crippen LogP contribution in [0.4, 0.5) is 0 Å². The topological polar surface area (TPSA) is 74.6 Å². The van der Waals surface area contributed by atoms with Gasteiger partial charge in [-0.25, -0.2) is 0 Å². The number of carbonyl (C=O) groups is 2. The van der Waals surface area contributed by atoms with Crippen molar-refractivity contribution in [3.63, 3.8) is 0 Å². The molecule has 0 rings (SSSR count). The summed E-state index contributed by atoms with van der Waals surface area (Å²) in [5.74, 6) is -2.80. The maximum Gasteiger partial charge on any atom is 0.323 e. The van der Waals surface area contributed by atoms with Gasteiger partial charge in [-0.05, 0) is 0 Å². The van der Waals surface area contributed by atoms with Gasteiger partial charge in [0.2, 0.25) is 0 Å². The minimum Gasteiger partial charge on any atom is -0.480 e. The fourth-order valence-electron chi connectivity index (χ4n) is 0.421. The Morgan fingerprint density at radius 3 is 1.33 bits per heavy atom. The minimum atomic E-state index is -1.51. The predicted molar refractivity (Wildman–Crippen MR) is 44.2 cm³/mol. The van der Waals surface area contributed by atoms with Crippen LogP contribution in [0.2, 0.25) is 0 Å². The molecule has 0 aliphatic heterocycles. The van der Waals surface area contributed by atoms with Crippen molar-refractivity contribution in [3.8, 4) is 0 Å². The van der Waals surface area contributed by atoms with Gasteiger partial charge in [-0.1, -0.05) is 0 Å². The first-order valence-electron chi connectivity index (χ1n) is 2.75. The van der Waals surface area contributed by atoms with Gasteiger partial charge >= 0.3 is 11.9 Å². The first-order chi connectivity index (χ1) is 5.37. The van der Waals surface area contributed by atoms with Gasteiger partial charge in [0.1, 0.15) is 10.8 Å². The average molecular weight is 235 g/mol.